The molecule has 2 N–H and O–H groups in total. The molecule has 0 spiro atoms. The van der Waals surface area contributed by atoms with Gasteiger partial charge in [0, 0.05) is 31.7 Å². The first-order valence-corrected chi connectivity index (χ1v) is 8.22. The van der Waals surface area contributed by atoms with E-state index in [1.807, 2.05) is 0 Å². The summed E-state index contributed by atoms with van der Waals surface area (Å²) in [6.07, 6.45) is 0.141. The van der Waals surface area contributed by atoms with Crippen molar-refractivity contribution >= 4 is 23.4 Å². The van der Waals surface area contributed by atoms with Crippen LogP contribution in [0.15, 0.2) is 24.3 Å². The minimum Gasteiger partial charge on any atom is -0.484 e. The maximum atomic E-state index is 12.0. The molecule has 134 valence electrons. The lowest BCUT2D eigenvalue weighted by Crippen LogP contribution is -2.42. The number of hydrogen-bond acceptors (Lipinski definition) is 5. The first kappa shape index (κ1) is 17.2. The average molecular weight is 347 g/mol. The van der Waals surface area contributed by atoms with Crippen LogP contribution < -0.4 is 15.4 Å². The zero-order chi connectivity index (χ0) is 17.8. The van der Waals surface area contributed by atoms with E-state index in [0.717, 1.165) is 0 Å². The number of carbonyl (C=O) groups is 3. The largest absolute Gasteiger partial charge is 0.484 e. The van der Waals surface area contributed by atoms with Crippen molar-refractivity contribution in [2.75, 3.05) is 44.4 Å². The molecule has 0 radical (unpaired) electrons. The van der Waals surface area contributed by atoms with Gasteiger partial charge in [0.1, 0.15) is 5.75 Å². The van der Waals surface area contributed by atoms with Crippen LogP contribution in [0.3, 0.4) is 0 Å². The first-order chi connectivity index (χ1) is 12.0. The summed E-state index contributed by atoms with van der Waals surface area (Å²) in [5, 5.41) is 0. The van der Waals surface area contributed by atoms with Crippen molar-refractivity contribution in [3.8, 4) is 5.75 Å². The Morgan fingerprint density at radius 1 is 1.20 bits per heavy atom. The van der Waals surface area contributed by atoms with E-state index in [4.69, 9.17) is 15.2 Å². The summed E-state index contributed by atoms with van der Waals surface area (Å²) in [5.41, 5.74) is 5.95. The van der Waals surface area contributed by atoms with Gasteiger partial charge in [-0.25, -0.2) is 0 Å². The molecule has 2 aliphatic heterocycles. The van der Waals surface area contributed by atoms with Crippen LogP contribution in [0.1, 0.15) is 6.42 Å². The summed E-state index contributed by atoms with van der Waals surface area (Å²) in [6, 6.07) is 6.87. The van der Waals surface area contributed by atoms with E-state index in [1.54, 1.807) is 29.2 Å². The van der Waals surface area contributed by atoms with E-state index < -0.39 is 11.8 Å². The lowest BCUT2D eigenvalue weighted by Gasteiger charge is -2.26. The van der Waals surface area contributed by atoms with Crippen LogP contribution in [-0.2, 0) is 19.1 Å². The van der Waals surface area contributed by atoms with Crippen molar-refractivity contribution in [2.45, 2.75) is 6.42 Å². The zero-order valence-electron chi connectivity index (χ0n) is 13.8. The highest BCUT2D eigenvalue weighted by molar-refractivity contribution is 6.00. The van der Waals surface area contributed by atoms with Crippen LogP contribution in [-0.4, -0.2) is 62.1 Å². The zero-order valence-corrected chi connectivity index (χ0v) is 13.8. The monoisotopic (exact) mass is 347 g/mol. The van der Waals surface area contributed by atoms with Gasteiger partial charge in [-0.05, 0) is 24.3 Å². The number of nitrogens with zero attached hydrogens (tertiary/aromatic N) is 2. The number of hydrogen-bond donors (Lipinski definition) is 1. The number of amides is 3. The summed E-state index contributed by atoms with van der Waals surface area (Å²) >= 11 is 0. The third kappa shape index (κ3) is 4.08. The molecule has 2 aliphatic rings. The summed E-state index contributed by atoms with van der Waals surface area (Å²) < 4.78 is 10.7. The first-order valence-electron chi connectivity index (χ1n) is 8.22. The van der Waals surface area contributed by atoms with Gasteiger partial charge in [-0.15, -0.1) is 0 Å². The van der Waals surface area contributed by atoms with Crippen molar-refractivity contribution in [2.24, 2.45) is 11.7 Å². The second-order valence-electron chi connectivity index (χ2n) is 6.08. The number of anilines is 1. The summed E-state index contributed by atoms with van der Waals surface area (Å²) in [6.45, 7) is 2.53. The fourth-order valence-electron chi connectivity index (χ4n) is 2.92. The molecule has 1 aromatic carbocycles. The van der Waals surface area contributed by atoms with Gasteiger partial charge in [0.2, 0.25) is 11.8 Å². The topological polar surface area (TPSA) is 102 Å². The lowest BCUT2D eigenvalue weighted by atomic mass is 10.1. The highest BCUT2D eigenvalue weighted by atomic mass is 16.5. The van der Waals surface area contributed by atoms with E-state index >= 15 is 0 Å². The number of nitrogens with two attached hydrogens (primary N) is 1. The molecule has 8 heteroatoms. The Balaban J connectivity index is 1.54. The van der Waals surface area contributed by atoms with Crippen LogP contribution in [0.5, 0.6) is 5.75 Å². The van der Waals surface area contributed by atoms with Gasteiger partial charge in [0.05, 0.1) is 19.1 Å². The fraction of sp³-hybridized carbons (Fsp3) is 0.471. The van der Waals surface area contributed by atoms with Crippen LogP contribution in [0.2, 0.25) is 0 Å². The maximum absolute atomic E-state index is 12.0. The van der Waals surface area contributed by atoms with E-state index in [-0.39, 0.29) is 24.8 Å². The second-order valence-corrected chi connectivity index (χ2v) is 6.08. The quantitative estimate of drug-likeness (QED) is 0.792. The fourth-order valence-corrected chi connectivity index (χ4v) is 2.92. The highest BCUT2D eigenvalue weighted by Crippen LogP contribution is 2.26. The number of ether oxygens (including phenoxy) is 2. The summed E-state index contributed by atoms with van der Waals surface area (Å²) in [5.74, 6) is -0.568. The number of morpholine rings is 1. The molecule has 0 aromatic heterocycles. The molecular formula is C17H21N3O5. The number of rotatable bonds is 5. The van der Waals surface area contributed by atoms with E-state index in [9.17, 15) is 14.4 Å². The van der Waals surface area contributed by atoms with Crippen LogP contribution >= 0.6 is 0 Å². The minimum absolute atomic E-state index is 0.0360. The molecule has 0 saturated carbocycles. The number of carbonyl (C=O) groups excluding carboxylic acids is 3. The molecule has 25 heavy (non-hydrogen) atoms. The molecule has 3 rings (SSSR count). The van der Waals surface area contributed by atoms with Gasteiger partial charge in [-0.3, -0.25) is 14.4 Å². The Morgan fingerprint density at radius 2 is 1.88 bits per heavy atom. The predicted octanol–water partition coefficient (Wildman–Crippen LogP) is -0.238. The average Bonchev–Trinajstić information content (AvgIpc) is 3.03. The van der Waals surface area contributed by atoms with Crippen molar-refractivity contribution in [1.82, 2.24) is 4.90 Å². The Kier molecular flexibility index (Phi) is 5.18. The molecule has 1 aromatic rings. The minimum atomic E-state index is -0.461. The second kappa shape index (κ2) is 7.52. The predicted molar refractivity (Wildman–Crippen MR) is 89.0 cm³/mol. The summed E-state index contributed by atoms with van der Waals surface area (Å²) in [4.78, 5) is 38.5. The van der Waals surface area contributed by atoms with Gasteiger partial charge < -0.3 is 25.0 Å². The number of primary amides is 1. The van der Waals surface area contributed by atoms with Crippen molar-refractivity contribution in [1.29, 1.82) is 0 Å². The third-order valence-corrected chi connectivity index (χ3v) is 4.40. The molecule has 8 nitrogen and oxygen atoms in total. The van der Waals surface area contributed by atoms with Crippen LogP contribution in [0.4, 0.5) is 5.69 Å². The molecular weight excluding hydrogens is 326 g/mol. The smallest absolute Gasteiger partial charge is 0.260 e. The van der Waals surface area contributed by atoms with Crippen molar-refractivity contribution in [3.63, 3.8) is 0 Å². The normalized spacial score (nSPS) is 20.6. The van der Waals surface area contributed by atoms with Gasteiger partial charge in [-0.1, -0.05) is 0 Å². The highest BCUT2D eigenvalue weighted by Gasteiger charge is 2.33. The Bertz CT molecular complexity index is 655. The van der Waals surface area contributed by atoms with E-state index in [1.165, 1.54) is 4.90 Å². The molecule has 0 bridgehead atoms. The lowest BCUT2D eigenvalue weighted by molar-refractivity contribution is -0.137. The third-order valence-electron chi connectivity index (χ3n) is 4.40. The van der Waals surface area contributed by atoms with Crippen molar-refractivity contribution in [3.05, 3.63) is 24.3 Å². The van der Waals surface area contributed by atoms with Gasteiger partial charge >= 0.3 is 0 Å². The maximum Gasteiger partial charge on any atom is 0.260 e. The molecule has 2 heterocycles. The van der Waals surface area contributed by atoms with Crippen molar-refractivity contribution < 1.29 is 23.9 Å². The standard InChI is InChI=1S/C17H21N3O5/c18-17(23)12-9-15(21)20(10-12)13-1-3-14(4-2-13)25-11-16(22)19-5-7-24-8-6-19/h1-4,12H,5-11H2,(H2,18,23). The molecule has 1 atom stereocenters. The molecule has 2 saturated heterocycles. The van der Waals surface area contributed by atoms with Crippen LogP contribution in [0.25, 0.3) is 0 Å². The van der Waals surface area contributed by atoms with Gasteiger partial charge in [0.25, 0.3) is 5.91 Å². The van der Waals surface area contributed by atoms with E-state index in [0.29, 0.717) is 44.3 Å². The molecule has 2 fully saturated rings. The van der Waals surface area contributed by atoms with Crippen LogP contribution in [0, 0.1) is 5.92 Å². The number of benzene rings is 1. The van der Waals surface area contributed by atoms with Gasteiger partial charge in [0.15, 0.2) is 6.61 Å². The summed E-state index contributed by atoms with van der Waals surface area (Å²) in [7, 11) is 0. The van der Waals surface area contributed by atoms with Gasteiger partial charge in [-0.2, -0.15) is 0 Å². The SMILES string of the molecule is NC(=O)C1CC(=O)N(c2ccc(OCC(=O)N3CCOCC3)cc2)C1. The molecule has 3 amide bonds. The Hall–Kier alpha value is -2.61. The molecule has 1 unspecified atom stereocenters. The molecule has 0 aliphatic carbocycles. The Morgan fingerprint density at radius 3 is 2.48 bits per heavy atom. The van der Waals surface area contributed by atoms with E-state index in [2.05, 4.69) is 0 Å². The Labute approximate surface area is 145 Å².